The third kappa shape index (κ3) is 4.86. The molecule has 0 aliphatic rings. The summed E-state index contributed by atoms with van der Waals surface area (Å²) in [7, 11) is 0. The van der Waals surface area contributed by atoms with Crippen LogP contribution >= 0.6 is 11.6 Å². The summed E-state index contributed by atoms with van der Waals surface area (Å²) in [6.45, 7) is 5.49. The Labute approximate surface area is 146 Å². The fourth-order valence-electron chi connectivity index (χ4n) is 2.10. The van der Waals surface area contributed by atoms with Crippen molar-refractivity contribution in [2.24, 2.45) is 0 Å². The average molecular weight is 351 g/mol. The molecule has 0 aliphatic carbocycles. The van der Waals surface area contributed by atoms with Crippen LogP contribution in [-0.4, -0.2) is 18.6 Å². The Kier molecular flexibility index (Phi) is 6.04. The quantitative estimate of drug-likeness (QED) is 0.798. The van der Waals surface area contributed by atoms with Crippen molar-refractivity contribution in [3.63, 3.8) is 0 Å². The molecule has 1 amide bonds. The summed E-state index contributed by atoms with van der Waals surface area (Å²) >= 11 is 6.01. The van der Waals surface area contributed by atoms with Gasteiger partial charge in [-0.05, 0) is 50.6 Å². The highest BCUT2D eigenvalue weighted by molar-refractivity contribution is 6.31. The maximum atomic E-state index is 14.0. The van der Waals surface area contributed by atoms with Gasteiger partial charge in [0.1, 0.15) is 11.6 Å². The van der Waals surface area contributed by atoms with E-state index in [9.17, 15) is 9.18 Å². The second-order valence-corrected chi connectivity index (χ2v) is 6.03. The van der Waals surface area contributed by atoms with Crippen LogP contribution < -0.4 is 15.4 Å². The summed E-state index contributed by atoms with van der Waals surface area (Å²) in [5.74, 6) is -0.311. The Hall–Kier alpha value is -2.27. The monoisotopic (exact) mass is 350 g/mol. The fourth-order valence-corrected chi connectivity index (χ4v) is 2.27. The Morgan fingerprint density at radius 1 is 1.25 bits per heavy atom. The lowest BCUT2D eigenvalue weighted by Crippen LogP contribution is -2.22. The van der Waals surface area contributed by atoms with Gasteiger partial charge in [-0.3, -0.25) is 4.79 Å². The Balaban J connectivity index is 1.95. The maximum absolute atomic E-state index is 14.0. The lowest BCUT2D eigenvalue weighted by Gasteiger charge is -2.13. The van der Waals surface area contributed by atoms with Gasteiger partial charge in [0, 0.05) is 16.8 Å². The average Bonchev–Trinajstić information content (AvgIpc) is 2.50. The maximum Gasteiger partial charge on any atom is 0.243 e. The predicted octanol–water partition coefficient (Wildman–Crippen LogP) is 4.63. The minimum Gasteiger partial charge on any atom is -0.491 e. The second-order valence-electron chi connectivity index (χ2n) is 5.62. The van der Waals surface area contributed by atoms with Crippen molar-refractivity contribution in [1.82, 2.24) is 0 Å². The van der Waals surface area contributed by atoms with E-state index in [2.05, 4.69) is 10.6 Å². The summed E-state index contributed by atoms with van der Waals surface area (Å²) < 4.78 is 19.4. The van der Waals surface area contributed by atoms with Gasteiger partial charge in [-0.15, -0.1) is 0 Å². The van der Waals surface area contributed by atoms with E-state index in [1.807, 2.05) is 20.8 Å². The lowest BCUT2D eigenvalue weighted by molar-refractivity contribution is -0.114. The van der Waals surface area contributed by atoms with Crippen molar-refractivity contribution in [3.05, 3.63) is 52.8 Å². The van der Waals surface area contributed by atoms with Crippen LogP contribution in [0.5, 0.6) is 5.75 Å². The zero-order valence-electron chi connectivity index (χ0n) is 13.8. The molecule has 0 unspecified atom stereocenters. The van der Waals surface area contributed by atoms with Crippen LogP contribution in [0.15, 0.2) is 36.4 Å². The van der Waals surface area contributed by atoms with Crippen molar-refractivity contribution >= 4 is 28.9 Å². The number of hydrogen-bond acceptors (Lipinski definition) is 3. The molecule has 0 radical (unpaired) electrons. The van der Waals surface area contributed by atoms with E-state index in [1.54, 1.807) is 30.3 Å². The highest BCUT2D eigenvalue weighted by atomic mass is 35.5. The number of anilines is 2. The molecule has 0 bridgehead atoms. The van der Waals surface area contributed by atoms with Gasteiger partial charge in [0.15, 0.2) is 0 Å². The van der Waals surface area contributed by atoms with E-state index in [4.69, 9.17) is 16.3 Å². The fraction of sp³-hybridized carbons (Fsp3) is 0.278. The zero-order valence-corrected chi connectivity index (χ0v) is 14.6. The molecule has 2 aromatic carbocycles. The molecule has 2 N–H and O–H groups in total. The molecule has 2 aromatic rings. The van der Waals surface area contributed by atoms with Crippen molar-refractivity contribution in [1.29, 1.82) is 0 Å². The number of rotatable bonds is 6. The SMILES string of the molecule is Cc1c(Cl)cccc1NC(=O)CNc1ccc(OC(C)C)cc1F. The number of halogens is 2. The summed E-state index contributed by atoms with van der Waals surface area (Å²) in [6.07, 6.45) is -0.0325. The molecule has 0 spiro atoms. The number of nitrogens with one attached hydrogen (secondary N) is 2. The first kappa shape index (κ1) is 18.1. The largest absolute Gasteiger partial charge is 0.491 e. The van der Waals surface area contributed by atoms with Gasteiger partial charge >= 0.3 is 0 Å². The van der Waals surface area contributed by atoms with Gasteiger partial charge in [-0.25, -0.2) is 4.39 Å². The van der Waals surface area contributed by atoms with E-state index in [0.717, 1.165) is 5.56 Å². The first-order chi connectivity index (χ1) is 11.4. The van der Waals surface area contributed by atoms with Crippen LogP contribution in [0.1, 0.15) is 19.4 Å². The minimum absolute atomic E-state index is 0.0325. The standard InChI is InChI=1S/C18H20ClFN2O2/c1-11(2)24-13-7-8-17(15(20)9-13)21-10-18(23)22-16-6-4-5-14(19)12(16)3/h4-9,11,21H,10H2,1-3H3,(H,22,23). The molecule has 0 heterocycles. The van der Waals surface area contributed by atoms with Gasteiger partial charge < -0.3 is 15.4 Å². The highest BCUT2D eigenvalue weighted by Crippen LogP contribution is 2.23. The van der Waals surface area contributed by atoms with E-state index in [0.29, 0.717) is 16.5 Å². The van der Waals surface area contributed by atoms with Crippen molar-refractivity contribution in [2.45, 2.75) is 26.9 Å². The summed E-state index contributed by atoms with van der Waals surface area (Å²) in [4.78, 5) is 12.0. The van der Waals surface area contributed by atoms with E-state index in [-0.39, 0.29) is 24.2 Å². The number of carbonyl (C=O) groups is 1. The minimum atomic E-state index is -0.472. The molecule has 0 atom stereocenters. The topological polar surface area (TPSA) is 50.4 Å². The smallest absolute Gasteiger partial charge is 0.243 e. The number of hydrogen-bond donors (Lipinski definition) is 2. The molecule has 2 rings (SSSR count). The summed E-state index contributed by atoms with van der Waals surface area (Å²) in [5.41, 5.74) is 1.66. The molecule has 0 saturated heterocycles. The van der Waals surface area contributed by atoms with Gasteiger partial charge in [-0.2, -0.15) is 0 Å². The van der Waals surface area contributed by atoms with Crippen LogP contribution in [0.3, 0.4) is 0 Å². The van der Waals surface area contributed by atoms with Gasteiger partial charge in [0.25, 0.3) is 0 Å². The van der Waals surface area contributed by atoms with Gasteiger partial charge in [-0.1, -0.05) is 17.7 Å². The first-order valence-electron chi connectivity index (χ1n) is 7.62. The lowest BCUT2D eigenvalue weighted by atomic mass is 10.2. The Morgan fingerprint density at radius 3 is 2.67 bits per heavy atom. The molecule has 128 valence electrons. The molecule has 6 heteroatoms. The summed E-state index contributed by atoms with van der Waals surface area (Å²) in [6, 6.07) is 9.76. The molecule has 4 nitrogen and oxygen atoms in total. The second kappa shape index (κ2) is 8.02. The van der Waals surface area contributed by atoms with Crippen molar-refractivity contribution < 1.29 is 13.9 Å². The first-order valence-corrected chi connectivity index (χ1v) is 7.99. The number of ether oxygens (including phenoxy) is 1. The Bertz CT molecular complexity index is 735. The van der Waals surface area contributed by atoms with E-state index >= 15 is 0 Å². The van der Waals surface area contributed by atoms with Gasteiger partial charge in [0.2, 0.25) is 5.91 Å². The molecule has 0 saturated carbocycles. The van der Waals surface area contributed by atoms with Crippen molar-refractivity contribution in [3.8, 4) is 5.75 Å². The highest BCUT2D eigenvalue weighted by Gasteiger charge is 2.09. The normalized spacial score (nSPS) is 10.6. The van der Waals surface area contributed by atoms with E-state index in [1.165, 1.54) is 6.07 Å². The van der Waals surface area contributed by atoms with E-state index < -0.39 is 5.82 Å². The third-order valence-corrected chi connectivity index (χ3v) is 3.70. The summed E-state index contributed by atoms with van der Waals surface area (Å²) in [5, 5.41) is 6.09. The van der Waals surface area contributed by atoms with Crippen LogP contribution in [0.25, 0.3) is 0 Å². The number of amides is 1. The predicted molar refractivity (Wildman–Crippen MR) is 95.5 cm³/mol. The molecular weight excluding hydrogens is 331 g/mol. The molecule has 0 aromatic heterocycles. The third-order valence-electron chi connectivity index (χ3n) is 3.29. The zero-order chi connectivity index (χ0) is 17.7. The number of carbonyl (C=O) groups excluding carboxylic acids is 1. The van der Waals surface area contributed by atoms with Crippen molar-refractivity contribution in [2.75, 3.05) is 17.2 Å². The van der Waals surface area contributed by atoms with Crippen LogP contribution in [-0.2, 0) is 4.79 Å². The van der Waals surface area contributed by atoms with Crippen LogP contribution in [0.4, 0.5) is 15.8 Å². The van der Waals surface area contributed by atoms with Crippen LogP contribution in [0, 0.1) is 12.7 Å². The Morgan fingerprint density at radius 2 is 2.00 bits per heavy atom. The molecular formula is C18H20ClFN2O2. The van der Waals surface area contributed by atoms with Crippen LogP contribution in [0.2, 0.25) is 5.02 Å². The molecule has 0 aliphatic heterocycles. The number of benzene rings is 2. The molecule has 0 fully saturated rings. The molecule has 24 heavy (non-hydrogen) atoms. The van der Waals surface area contributed by atoms with Gasteiger partial charge in [0.05, 0.1) is 18.3 Å².